The van der Waals surface area contributed by atoms with Gasteiger partial charge in [0.05, 0.1) is 11.6 Å². The number of hydrogen-bond donors (Lipinski definition) is 1. The number of carbonyl (C=O) groups excluding carboxylic acids is 1. The molecule has 0 aliphatic heterocycles. The van der Waals surface area contributed by atoms with E-state index in [1.54, 1.807) is 0 Å². The van der Waals surface area contributed by atoms with Crippen LogP contribution in [-0.2, 0) is 0 Å². The van der Waals surface area contributed by atoms with Crippen molar-refractivity contribution in [2.75, 3.05) is 0 Å². The first-order chi connectivity index (χ1) is 9.08. The number of hydrogen-bond acceptors (Lipinski definition) is 1. The monoisotopic (exact) mass is 369 g/mol. The highest BCUT2D eigenvalue weighted by molar-refractivity contribution is 14.1. The molecule has 19 heavy (non-hydrogen) atoms. The highest BCUT2D eigenvalue weighted by Crippen LogP contribution is 2.16. The number of amides is 1. The first-order valence-corrected chi connectivity index (χ1v) is 6.96. The van der Waals surface area contributed by atoms with E-state index in [0.717, 1.165) is 5.56 Å². The third-order valence-corrected chi connectivity index (χ3v) is 3.72. The van der Waals surface area contributed by atoms with Crippen molar-refractivity contribution in [1.82, 2.24) is 5.32 Å². The molecule has 0 aromatic heterocycles. The third-order valence-electron chi connectivity index (χ3n) is 2.82. The van der Waals surface area contributed by atoms with Gasteiger partial charge in [-0.1, -0.05) is 30.3 Å². The molecule has 0 bridgehead atoms. The summed E-state index contributed by atoms with van der Waals surface area (Å²) in [5.41, 5.74) is 1.53. The van der Waals surface area contributed by atoms with Crippen LogP contribution in [0.15, 0.2) is 48.5 Å². The molecule has 1 atom stereocenters. The van der Waals surface area contributed by atoms with Gasteiger partial charge in [0.1, 0.15) is 5.82 Å². The van der Waals surface area contributed by atoms with E-state index in [2.05, 4.69) is 5.32 Å². The van der Waals surface area contributed by atoms with Crippen LogP contribution < -0.4 is 5.32 Å². The van der Waals surface area contributed by atoms with Gasteiger partial charge in [-0.05, 0) is 53.3 Å². The van der Waals surface area contributed by atoms with Crippen molar-refractivity contribution in [2.24, 2.45) is 0 Å². The third kappa shape index (κ3) is 3.53. The van der Waals surface area contributed by atoms with E-state index in [9.17, 15) is 9.18 Å². The maximum atomic E-state index is 13.0. The van der Waals surface area contributed by atoms with Gasteiger partial charge in [-0.25, -0.2) is 4.39 Å². The predicted molar refractivity (Wildman–Crippen MR) is 81.4 cm³/mol. The molecule has 0 aliphatic rings. The second kappa shape index (κ2) is 6.14. The van der Waals surface area contributed by atoms with Crippen molar-refractivity contribution in [3.05, 3.63) is 69.0 Å². The highest BCUT2D eigenvalue weighted by atomic mass is 127. The summed E-state index contributed by atoms with van der Waals surface area (Å²) in [6.07, 6.45) is 0. The van der Waals surface area contributed by atoms with E-state index in [1.165, 1.54) is 18.2 Å². The van der Waals surface area contributed by atoms with Gasteiger partial charge in [-0.15, -0.1) is 0 Å². The van der Waals surface area contributed by atoms with Gasteiger partial charge in [0.25, 0.3) is 5.91 Å². The average Bonchev–Trinajstić information content (AvgIpc) is 2.39. The molecule has 1 N–H and O–H groups in total. The summed E-state index contributed by atoms with van der Waals surface area (Å²) < 4.78 is 13.6. The highest BCUT2D eigenvalue weighted by Gasteiger charge is 2.14. The lowest BCUT2D eigenvalue weighted by Gasteiger charge is -2.15. The molecule has 2 rings (SSSR count). The molecule has 1 unspecified atom stereocenters. The molecule has 0 spiro atoms. The summed E-state index contributed by atoms with van der Waals surface area (Å²) >= 11 is 1.96. The number of benzene rings is 2. The molecule has 0 fully saturated rings. The number of halogens is 2. The van der Waals surface area contributed by atoms with Crippen LogP contribution in [-0.4, -0.2) is 5.91 Å². The Balaban J connectivity index is 2.13. The number of rotatable bonds is 3. The van der Waals surface area contributed by atoms with Crippen LogP contribution in [0, 0.1) is 9.39 Å². The van der Waals surface area contributed by atoms with Crippen LogP contribution in [0.2, 0.25) is 0 Å². The SMILES string of the molecule is CC(NC(=O)c1ccc(F)cc1I)c1ccccc1. The quantitative estimate of drug-likeness (QED) is 0.817. The van der Waals surface area contributed by atoms with E-state index in [-0.39, 0.29) is 17.8 Å². The van der Waals surface area contributed by atoms with Gasteiger partial charge in [-0.3, -0.25) is 4.79 Å². The molecule has 1 amide bonds. The molecule has 0 radical (unpaired) electrons. The number of carbonyl (C=O) groups is 1. The Labute approximate surface area is 125 Å². The molecule has 2 aromatic carbocycles. The summed E-state index contributed by atoms with van der Waals surface area (Å²) in [6.45, 7) is 1.92. The zero-order valence-electron chi connectivity index (χ0n) is 10.4. The van der Waals surface area contributed by atoms with Crippen molar-refractivity contribution in [3.63, 3.8) is 0 Å². The van der Waals surface area contributed by atoms with E-state index in [0.29, 0.717) is 9.13 Å². The second-order valence-electron chi connectivity index (χ2n) is 4.23. The van der Waals surface area contributed by atoms with Crippen molar-refractivity contribution >= 4 is 28.5 Å². The fraction of sp³-hybridized carbons (Fsp3) is 0.133. The topological polar surface area (TPSA) is 29.1 Å². The standard InChI is InChI=1S/C15H13FINO/c1-10(11-5-3-2-4-6-11)18-15(19)13-8-7-12(16)9-14(13)17/h2-10H,1H3,(H,18,19). The maximum Gasteiger partial charge on any atom is 0.252 e. The van der Waals surface area contributed by atoms with Crippen LogP contribution in [0.3, 0.4) is 0 Å². The van der Waals surface area contributed by atoms with Crippen LogP contribution in [0.25, 0.3) is 0 Å². The Hall–Kier alpha value is -1.43. The zero-order valence-corrected chi connectivity index (χ0v) is 12.5. The minimum atomic E-state index is -0.336. The van der Waals surface area contributed by atoms with E-state index >= 15 is 0 Å². The summed E-state index contributed by atoms with van der Waals surface area (Å²) in [7, 11) is 0. The molecule has 0 heterocycles. The second-order valence-corrected chi connectivity index (χ2v) is 5.39. The number of nitrogens with one attached hydrogen (secondary N) is 1. The minimum Gasteiger partial charge on any atom is -0.345 e. The normalized spacial score (nSPS) is 11.9. The van der Waals surface area contributed by atoms with Gasteiger partial charge in [0.15, 0.2) is 0 Å². The first-order valence-electron chi connectivity index (χ1n) is 5.89. The van der Waals surface area contributed by atoms with Crippen LogP contribution >= 0.6 is 22.6 Å². The van der Waals surface area contributed by atoms with Crippen molar-refractivity contribution in [1.29, 1.82) is 0 Å². The van der Waals surface area contributed by atoms with E-state index in [4.69, 9.17) is 0 Å². The van der Waals surface area contributed by atoms with Crippen LogP contribution in [0.4, 0.5) is 4.39 Å². The molecular weight excluding hydrogens is 356 g/mol. The van der Waals surface area contributed by atoms with Gasteiger partial charge >= 0.3 is 0 Å². The molecule has 98 valence electrons. The summed E-state index contributed by atoms with van der Waals surface area (Å²) in [4.78, 5) is 12.1. The Morgan fingerprint density at radius 1 is 1.21 bits per heavy atom. The molecule has 0 aliphatic carbocycles. The van der Waals surface area contributed by atoms with Gasteiger partial charge < -0.3 is 5.32 Å². The zero-order chi connectivity index (χ0) is 13.8. The molecule has 4 heteroatoms. The first kappa shape index (κ1) is 14.0. The average molecular weight is 369 g/mol. The Bertz CT molecular complexity index is 586. The summed E-state index contributed by atoms with van der Waals surface area (Å²) in [6, 6.07) is 13.8. The van der Waals surface area contributed by atoms with Gasteiger partial charge in [0.2, 0.25) is 0 Å². The van der Waals surface area contributed by atoms with E-state index < -0.39 is 0 Å². The molecule has 2 nitrogen and oxygen atoms in total. The Morgan fingerprint density at radius 3 is 2.53 bits per heavy atom. The molecular formula is C15H13FINO. The van der Waals surface area contributed by atoms with Gasteiger partial charge in [-0.2, -0.15) is 0 Å². The molecule has 0 saturated heterocycles. The lowest BCUT2D eigenvalue weighted by molar-refractivity contribution is 0.0939. The summed E-state index contributed by atoms with van der Waals surface area (Å²) in [5.74, 6) is -0.530. The largest absolute Gasteiger partial charge is 0.345 e. The fourth-order valence-electron chi connectivity index (χ4n) is 1.77. The van der Waals surface area contributed by atoms with Crippen molar-refractivity contribution < 1.29 is 9.18 Å². The minimum absolute atomic E-state index is 0.0884. The van der Waals surface area contributed by atoms with Crippen molar-refractivity contribution in [2.45, 2.75) is 13.0 Å². The van der Waals surface area contributed by atoms with Crippen LogP contribution in [0.5, 0.6) is 0 Å². The van der Waals surface area contributed by atoms with Crippen LogP contribution in [0.1, 0.15) is 28.9 Å². The van der Waals surface area contributed by atoms with Gasteiger partial charge in [0, 0.05) is 3.57 Å². The maximum absolute atomic E-state index is 13.0. The smallest absolute Gasteiger partial charge is 0.252 e. The lowest BCUT2D eigenvalue weighted by atomic mass is 10.1. The lowest BCUT2D eigenvalue weighted by Crippen LogP contribution is -2.27. The fourth-order valence-corrected chi connectivity index (χ4v) is 2.50. The van der Waals surface area contributed by atoms with Crippen molar-refractivity contribution in [3.8, 4) is 0 Å². The molecule has 2 aromatic rings. The Morgan fingerprint density at radius 2 is 1.89 bits per heavy atom. The molecule has 0 saturated carbocycles. The Kier molecular flexibility index (Phi) is 4.52. The summed E-state index contributed by atoms with van der Waals surface area (Å²) in [5, 5.41) is 2.91. The van der Waals surface area contributed by atoms with E-state index in [1.807, 2.05) is 59.8 Å². The predicted octanol–water partition coefficient (Wildman–Crippen LogP) is 3.92.